The number of hydrogen-bond acceptors (Lipinski definition) is 5. The van der Waals surface area contributed by atoms with Crippen LogP contribution in [0.15, 0.2) is 41.2 Å². The van der Waals surface area contributed by atoms with E-state index < -0.39 is 0 Å². The molecule has 0 atom stereocenters. The van der Waals surface area contributed by atoms with Gasteiger partial charge in [0, 0.05) is 11.1 Å². The van der Waals surface area contributed by atoms with Crippen molar-refractivity contribution in [2.24, 2.45) is 0 Å². The van der Waals surface area contributed by atoms with E-state index in [2.05, 4.69) is 20.4 Å². The van der Waals surface area contributed by atoms with Gasteiger partial charge in [0.2, 0.25) is 5.91 Å². The number of nitrogens with zero attached hydrogens (tertiary/aromatic N) is 3. The lowest BCUT2D eigenvalue weighted by Crippen LogP contribution is -2.25. The number of carbonyl (C=O) groups is 1. The summed E-state index contributed by atoms with van der Waals surface area (Å²) in [5, 5.41) is 7.63. The third-order valence-electron chi connectivity index (χ3n) is 3.11. The second-order valence-corrected chi connectivity index (χ2v) is 4.73. The first-order valence-corrected chi connectivity index (χ1v) is 6.60. The van der Waals surface area contributed by atoms with Gasteiger partial charge in [-0.15, -0.1) is 0 Å². The Balaban J connectivity index is 1.64. The predicted molar refractivity (Wildman–Crippen MR) is 76.3 cm³/mol. The summed E-state index contributed by atoms with van der Waals surface area (Å²) in [6.07, 6.45) is 1.67. The summed E-state index contributed by atoms with van der Waals surface area (Å²) in [6, 6.07) is 9.32. The Morgan fingerprint density at radius 1 is 1.29 bits per heavy atom. The SMILES string of the molecule is Cc1cc(CNC(=O)Cc2noc3ccccc23)ncn1. The second kappa shape index (κ2) is 5.70. The predicted octanol–water partition coefficient (Wildman–Crippen LogP) is 1.79. The quantitative estimate of drug-likeness (QED) is 0.789. The first-order valence-electron chi connectivity index (χ1n) is 6.60. The molecule has 1 amide bonds. The highest BCUT2D eigenvalue weighted by molar-refractivity contribution is 5.86. The van der Waals surface area contributed by atoms with Crippen molar-refractivity contribution in [1.82, 2.24) is 20.4 Å². The maximum atomic E-state index is 12.0. The van der Waals surface area contributed by atoms with Gasteiger partial charge in [0.15, 0.2) is 5.58 Å². The van der Waals surface area contributed by atoms with Gasteiger partial charge in [0.05, 0.1) is 18.7 Å². The van der Waals surface area contributed by atoms with Crippen LogP contribution in [0.25, 0.3) is 11.0 Å². The molecule has 106 valence electrons. The Kier molecular flexibility index (Phi) is 3.59. The number of aromatic nitrogens is 3. The van der Waals surface area contributed by atoms with E-state index in [1.807, 2.05) is 37.3 Å². The van der Waals surface area contributed by atoms with Gasteiger partial charge in [-0.1, -0.05) is 17.3 Å². The number of fused-ring (bicyclic) bond motifs is 1. The molecular weight excluding hydrogens is 268 g/mol. The smallest absolute Gasteiger partial charge is 0.226 e. The van der Waals surface area contributed by atoms with Crippen molar-refractivity contribution in [1.29, 1.82) is 0 Å². The van der Waals surface area contributed by atoms with Gasteiger partial charge in [-0.25, -0.2) is 9.97 Å². The van der Waals surface area contributed by atoms with E-state index in [9.17, 15) is 4.79 Å². The molecule has 2 heterocycles. The van der Waals surface area contributed by atoms with Gasteiger partial charge in [-0.2, -0.15) is 0 Å². The second-order valence-electron chi connectivity index (χ2n) is 4.73. The maximum Gasteiger partial charge on any atom is 0.226 e. The molecule has 6 heteroatoms. The van der Waals surface area contributed by atoms with Crippen molar-refractivity contribution in [2.45, 2.75) is 19.9 Å². The zero-order valence-electron chi connectivity index (χ0n) is 11.5. The molecule has 0 unspecified atom stereocenters. The van der Waals surface area contributed by atoms with E-state index in [0.717, 1.165) is 16.8 Å². The molecule has 0 fully saturated rings. The lowest BCUT2D eigenvalue weighted by atomic mass is 10.1. The van der Waals surface area contributed by atoms with Gasteiger partial charge < -0.3 is 9.84 Å². The van der Waals surface area contributed by atoms with E-state index in [1.165, 1.54) is 6.33 Å². The molecule has 3 aromatic rings. The van der Waals surface area contributed by atoms with Crippen LogP contribution < -0.4 is 5.32 Å². The number of aryl methyl sites for hydroxylation is 1. The van der Waals surface area contributed by atoms with Gasteiger partial charge >= 0.3 is 0 Å². The molecule has 3 rings (SSSR count). The van der Waals surface area contributed by atoms with Crippen molar-refractivity contribution < 1.29 is 9.32 Å². The van der Waals surface area contributed by atoms with Crippen LogP contribution in [0, 0.1) is 6.92 Å². The summed E-state index contributed by atoms with van der Waals surface area (Å²) in [5.74, 6) is -0.120. The normalized spacial score (nSPS) is 10.7. The van der Waals surface area contributed by atoms with E-state index in [1.54, 1.807) is 0 Å². The summed E-state index contributed by atoms with van der Waals surface area (Å²) in [4.78, 5) is 20.1. The van der Waals surface area contributed by atoms with Gasteiger partial charge in [-0.05, 0) is 25.1 Å². The molecule has 1 aromatic carbocycles. The lowest BCUT2D eigenvalue weighted by molar-refractivity contribution is -0.120. The Hall–Kier alpha value is -2.76. The maximum absolute atomic E-state index is 12.0. The lowest BCUT2D eigenvalue weighted by Gasteiger charge is -2.04. The van der Waals surface area contributed by atoms with Gasteiger partial charge in [0.1, 0.15) is 12.0 Å². The number of amides is 1. The summed E-state index contributed by atoms with van der Waals surface area (Å²) < 4.78 is 5.18. The summed E-state index contributed by atoms with van der Waals surface area (Å²) in [7, 11) is 0. The number of nitrogens with one attached hydrogen (secondary N) is 1. The minimum absolute atomic E-state index is 0.120. The average Bonchev–Trinajstić information content (AvgIpc) is 2.89. The van der Waals surface area contributed by atoms with Crippen LogP contribution >= 0.6 is 0 Å². The molecular formula is C15H14N4O2. The van der Waals surface area contributed by atoms with Crippen molar-refractivity contribution >= 4 is 16.9 Å². The van der Waals surface area contributed by atoms with Crippen LogP contribution in [0.2, 0.25) is 0 Å². The molecule has 0 spiro atoms. The fourth-order valence-corrected chi connectivity index (χ4v) is 2.08. The fraction of sp³-hybridized carbons (Fsp3) is 0.200. The highest BCUT2D eigenvalue weighted by Gasteiger charge is 2.11. The Bertz CT molecular complexity index is 782. The summed E-state index contributed by atoms with van der Waals surface area (Å²) >= 11 is 0. The van der Waals surface area contributed by atoms with Crippen LogP contribution in [0.4, 0.5) is 0 Å². The zero-order valence-corrected chi connectivity index (χ0v) is 11.5. The molecule has 0 aliphatic heterocycles. The van der Waals surface area contributed by atoms with E-state index in [-0.39, 0.29) is 12.3 Å². The van der Waals surface area contributed by atoms with Crippen molar-refractivity contribution in [2.75, 3.05) is 0 Å². The number of para-hydroxylation sites is 1. The highest BCUT2D eigenvalue weighted by Crippen LogP contribution is 2.17. The van der Waals surface area contributed by atoms with Crippen LogP contribution in [0.1, 0.15) is 17.1 Å². The average molecular weight is 282 g/mol. The van der Waals surface area contributed by atoms with Gasteiger partial charge in [0.25, 0.3) is 0 Å². The van der Waals surface area contributed by atoms with E-state index >= 15 is 0 Å². The Morgan fingerprint density at radius 2 is 2.14 bits per heavy atom. The van der Waals surface area contributed by atoms with E-state index in [0.29, 0.717) is 17.8 Å². The monoisotopic (exact) mass is 282 g/mol. The third kappa shape index (κ3) is 3.05. The Morgan fingerprint density at radius 3 is 3.00 bits per heavy atom. The number of rotatable bonds is 4. The van der Waals surface area contributed by atoms with Crippen molar-refractivity contribution in [3.05, 3.63) is 53.7 Å². The molecule has 0 radical (unpaired) electrons. The standard InChI is InChI=1S/C15H14N4O2/c1-10-6-11(18-9-17-10)8-16-15(20)7-13-12-4-2-3-5-14(12)21-19-13/h2-6,9H,7-8H2,1H3,(H,16,20). The molecule has 1 N–H and O–H groups in total. The topological polar surface area (TPSA) is 80.9 Å². The summed E-state index contributed by atoms with van der Waals surface area (Å²) in [6.45, 7) is 2.26. The number of carbonyl (C=O) groups excluding carboxylic acids is 1. The molecule has 0 saturated carbocycles. The highest BCUT2D eigenvalue weighted by atomic mass is 16.5. The first kappa shape index (κ1) is 13.2. The molecule has 0 saturated heterocycles. The van der Waals surface area contributed by atoms with Crippen molar-refractivity contribution in [3.63, 3.8) is 0 Å². The van der Waals surface area contributed by atoms with Crippen LogP contribution in [-0.4, -0.2) is 21.0 Å². The Labute approximate surface area is 121 Å². The van der Waals surface area contributed by atoms with Crippen LogP contribution in [-0.2, 0) is 17.8 Å². The molecule has 0 aliphatic carbocycles. The van der Waals surface area contributed by atoms with Crippen molar-refractivity contribution in [3.8, 4) is 0 Å². The first-order chi connectivity index (χ1) is 10.2. The summed E-state index contributed by atoms with van der Waals surface area (Å²) in [5.41, 5.74) is 2.98. The molecule has 6 nitrogen and oxygen atoms in total. The zero-order chi connectivity index (χ0) is 14.7. The molecule has 21 heavy (non-hydrogen) atoms. The fourth-order valence-electron chi connectivity index (χ4n) is 2.08. The number of benzene rings is 1. The van der Waals surface area contributed by atoms with E-state index in [4.69, 9.17) is 4.52 Å². The minimum atomic E-state index is -0.120. The van der Waals surface area contributed by atoms with Crippen LogP contribution in [0.5, 0.6) is 0 Å². The number of hydrogen-bond donors (Lipinski definition) is 1. The molecule has 0 bridgehead atoms. The van der Waals surface area contributed by atoms with Gasteiger partial charge in [-0.3, -0.25) is 4.79 Å². The minimum Gasteiger partial charge on any atom is -0.356 e. The third-order valence-corrected chi connectivity index (χ3v) is 3.11. The molecule has 0 aliphatic rings. The van der Waals surface area contributed by atoms with Crippen LogP contribution in [0.3, 0.4) is 0 Å². The molecule has 2 aromatic heterocycles. The largest absolute Gasteiger partial charge is 0.356 e.